The molecule has 42 heavy (non-hydrogen) atoms. The maximum atomic E-state index is 13.4. The Labute approximate surface area is 240 Å². The van der Waals surface area contributed by atoms with Crippen molar-refractivity contribution in [3.05, 3.63) is 125 Å². The van der Waals surface area contributed by atoms with Crippen LogP contribution in [0.5, 0.6) is 11.5 Å². The van der Waals surface area contributed by atoms with Crippen LogP contribution in [0.4, 0.5) is 26.7 Å². The van der Waals surface area contributed by atoms with Crippen molar-refractivity contribution in [2.24, 2.45) is 0 Å². The SMILES string of the molecule is CN(C(=O)Oc1ccc(NC(=O)c2c(OC(=O)N(C)c3ccccc3)c3ccccc3[nH]c2=O)cc1)c1ccccc1. The van der Waals surface area contributed by atoms with E-state index in [0.29, 0.717) is 28.0 Å². The fourth-order valence-corrected chi connectivity index (χ4v) is 4.16. The van der Waals surface area contributed by atoms with Gasteiger partial charge in [-0.1, -0.05) is 48.5 Å². The molecule has 0 atom stereocenters. The van der Waals surface area contributed by atoms with E-state index in [1.54, 1.807) is 67.7 Å². The first-order valence-electron chi connectivity index (χ1n) is 12.9. The van der Waals surface area contributed by atoms with Crippen LogP contribution in [-0.4, -0.2) is 37.2 Å². The van der Waals surface area contributed by atoms with Gasteiger partial charge in [0.05, 0.1) is 5.52 Å². The Hall–Kier alpha value is -5.90. The Bertz CT molecular complexity index is 1800. The predicted molar refractivity (Wildman–Crippen MR) is 161 cm³/mol. The van der Waals surface area contributed by atoms with Crippen molar-refractivity contribution in [2.75, 3.05) is 29.2 Å². The summed E-state index contributed by atoms with van der Waals surface area (Å²) in [5.41, 5.74) is 0.851. The van der Waals surface area contributed by atoms with Gasteiger partial charge in [0.1, 0.15) is 11.3 Å². The largest absolute Gasteiger partial charge is 0.419 e. The van der Waals surface area contributed by atoms with E-state index in [2.05, 4.69) is 10.3 Å². The number of nitrogens with zero attached hydrogens (tertiary/aromatic N) is 2. The quantitative estimate of drug-likeness (QED) is 0.260. The maximum absolute atomic E-state index is 13.4. The van der Waals surface area contributed by atoms with Crippen molar-refractivity contribution in [2.45, 2.75) is 0 Å². The number of H-pyrrole nitrogens is 1. The summed E-state index contributed by atoms with van der Waals surface area (Å²) in [6.07, 6.45) is -1.37. The predicted octanol–water partition coefficient (Wildman–Crippen LogP) is 6.05. The van der Waals surface area contributed by atoms with Gasteiger partial charge in [0.15, 0.2) is 5.75 Å². The van der Waals surface area contributed by atoms with Gasteiger partial charge in [0.2, 0.25) is 0 Å². The molecule has 0 aliphatic heterocycles. The molecule has 0 fully saturated rings. The van der Waals surface area contributed by atoms with E-state index in [1.807, 2.05) is 24.3 Å². The third kappa shape index (κ3) is 5.97. The fraction of sp³-hybridized carbons (Fsp3) is 0.0625. The average Bonchev–Trinajstić information content (AvgIpc) is 3.02. The Morgan fingerprint density at radius 1 is 0.667 bits per heavy atom. The number of hydrogen-bond donors (Lipinski definition) is 2. The molecule has 210 valence electrons. The minimum absolute atomic E-state index is 0.172. The summed E-state index contributed by atoms with van der Waals surface area (Å²) < 4.78 is 11.1. The normalized spacial score (nSPS) is 10.5. The average molecular weight is 563 g/mol. The molecule has 3 amide bonds. The molecular formula is C32H26N4O6. The first-order valence-corrected chi connectivity index (χ1v) is 12.9. The summed E-state index contributed by atoms with van der Waals surface area (Å²) in [4.78, 5) is 57.4. The minimum atomic E-state index is -0.791. The van der Waals surface area contributed by atoms with Crippen molar-refractivity contribution >= 4 is 46.1 Å². The number of hydrogen-bond acceptors (Lipinski definition) is 6. The second-order valence-corrected chi connectivity index (χ2v) is 9.21. The lowest BCUT2D eigenvalue weighted by Gasteiger charge is -2.19. The van der Waals surface area contributed by atoms with Gasteiger partial charge in [-0.3, -0.25) is 19.4 Å². The van der Waals surface area contributed by atoms with Gasteiger partial charge < -0.3 is 19.8 Å². The first kappa shape index (κ1) is 27.7. The van der Waals surface area contributed by atoms with Crippen LogP contribution >= 0.6 is 0 Å². The van der Waals surface area contributed by atoms with Gasteiger partial charge in [-0.15, -0.1) is 0 Å². The molecule has 0 radical (unpaired) electrons. The molecule has 5 rings (SSSR count). The number of pyridine rings is 1. The molecule has 1 heterocycles. The number of anilines is 3. The number of benzene rings is 4. The summed E-state index contributed by atoms with van der Waals surface area (Å²) in [7, 11) is 3.12. The number of nitrogens with one attached hydrogen (secondary N) is 2. The molecule has 4 aromatic carbocycles. The van der Waals surface area contributed by atoms with Crippen molar-refractivity contribution in [1.82, 2.24) is 4.98 Å². The van der Waals surface area contributed by atoms with Crippen LogP contribution in [0.2, 0.25) is 0 Å². The Balaban J connectivity index is 1.37. The number of ether oxygens (including phenoxy) is 2. The van der Waals surface area contributed by atoms with Crippen LogP contribution in [0, 0.1) is 0 Å². The van der Waals surface area contributed by atoms with E-state index in [4.69, 9.17) is 9.47 Å². The second kappa shape index (κ2) is 12.1. The zero-order valence-electron chi connectivity index (χ0n) is 22.7. The number of para-hydroxylation sites is 3. The van der Waals surface area contributed by atoms with Crippen LogP contribution < -0.4 is 30.1 Å². The zero-order valence-corrected chi connectivity index (χ0v) is 22.7. The number of aromatic nitrogens is 1. The number of amides is 3. The van der Waals surface area contributed by atoms with Crippen LogP contribution in [0.25, 0.3) is 10.9 Å². The van der Waals surface area contributed by atoms with Crippen molar-refractivity contribution in [3.8, 4) is 11.5 Å². The summed E-state index contributed by atoms with van der Waals surface area (Å²) in [5.74, 6) is -0.710. The van der Waals surface area contributed by atoms with E-state index in [-0.39, 0.29) is 17.1 Å². The Kier molecular flexibility index (Phi) is 7.96. The van der Waals surface area contributed by atoms with E-state index in [0.717, 1.165) is 0 Å². The molecule has 10 heteroatoms. The Morgan fingerprint density at radius 3 is 1.79 bits per heavy atom. The van der Waals surface area contributed by atoms with E-state index < -0.39 is 23.7 Å². The first-order chi connectivity index (χ1) is 20.3. The molecular weight excluding hydrogens is 536 g/mol. The van der Waals surface area contributed by atoms with Gasteiger partial charge in [-0.25, -0.2) is 9.59 Å². The smallest absolute Gasteiger partial charge is 0.410 e. The molecule has 0 bridgehead atoms. The lowest BCUT2D eigenvalue weighted by Crippen LogP contribution is -2.32. The van der Waals surface area contributed by atoms with E-state index in [9.17, 15) is 19.2 Å². The summed E-state index contributed by atoms with van der Waals surface area (Å²) in [5, 5.41) is 3.03. The molecule has 1 aromatic heterocycles. The fourth-order valence-electron chi connectivity index (χ4n) is 4.16. The van der Waals surface area contributed by atoms with Crippen molar-refractivity contribution in [1.29, 1.82) is 0 Å². The highest BCUT2D eigenvalue weighted by molar-refractivity contribution is 6.10. The van der Waals surface area contributed by atoms with Gasteiger partial charge in [0.25, 0.3) is 11.5 Å². The number of rotatable bonds is 6. The lowest BCUT2D eigenvalue weighted by atomic mass is 10.1. The molecule has 5 aromatic rings. The molecule has 0 unspecified atom stereocenters. The molecule has 0 aliphatic rings. The van der Waals surface area contributed by atoms with Gasteiger partial charge in [-0.2, -0.15) is 0 Å². The van der Waals surface area contributed by atoms with Crippen molar-refractivity contribution < 1.29 is 23.9 Å². The van der Waals surface area contributed by atoms with Crippen molar-refractivity contribution in [3.63, 3.8) is 0 Å². The molecule has 0 spiro atoms. The third-order valence-electron chi connectivity index (χ3n) is 6.44. The standard InChI is InChI=1S/C32H26N4O6/c1-35(22-11-5-3-6-12-22)31(39)41-24-19-17-21(18-20-24)33-29(37)27-28(25-15-9-10-16-26(25)34-30(27)38)42-32(40)36(2)23-13-7-4-8-14-23/h3-20H,1-2H3,(H,33,37)(H,34,38). The molecule has 10 nitrogen and oxygen atoms in total. The highest BCUT2D eigenvalue weighted by Gasteiger charge is 2.25. The summed E-state index contributed by atoms with van der Waals surface area (Å²) in [6.45, 7) is 0. The summed E-state index contributed by atoms with van der Waals surface area (Å²) >= 11 is 0. The van der Waals surface area contributed by atoms with Gasteiger partial charge in [-0.05, 0) is 60.7 Å². The molecule has 2 N–H and O–H groups in total. The molecule has 0 saturated carbocycles. The Morgan fingerprint density at radius 2 is 1.19 bits per heavy atom. The third-order valence-corrected chi connectivity index (χ3v) is 6.44. The van der Waals surface area contributed by atoms with Crippen LogP contribution in [-0.2, 0) is 0 Å². The van der Waals surface area contributed by atoms with Gasteiger partial charge >= 0.3 is 12.2 Å². The van der Waals surface area contributed by atoms with Crippen LogP contribution in [0.15, 0.2) is 114 Å². The van der Waals surface area contributed by atoms with Crippen LogP contribution in [0.3, 0.4) is 0 Å². The zero-order chi connectivity index (χ0) is 29.6. The highest BCUT2D eigenvalue weighted by atomic mass is 16.6. The maximum Gasteiger partial charge on any atom is 0.419 e. The lowest BCUT2D eigenvalue weighted by molar-refractivity contribution is 0.102. The number of carbonyl (C=O) groups excluding carboxylic acids is 3. The minimum Gasteiger partial charge on any atom is -0.410 e. The number of fused-ring (bicyclic) bond motifs is 1. The van der Waals surface area contributed by atoms with Crippen LogP contribution in [0.1, 0.15) is 10.4 Å². The monoisotopic (exact) mass is 562 g/mol. The molecule has 0 aliphatic carbocycles. The second-order valence-electron chi connectivity index (χ2n) is 9.21. The van der Waals surface area contributed by atoms with E-state index >= 15 is 0 Å². The number of aromatic amines is 1. The topological polar surface area (TPSA) is 121 Å². The molecule has 0 saturated heterocycles. The summed E-state index contributed by atoms with van der Waals surface area (Å²) in [6, 6.07) is 30.6. The van der Waals surface area contributed by atoms with Gasteiger partial charge in [0, 0.05) is 36.5 Å². The van der Waals surface area contributed by atoms with E-state index in [1.165, 1.54) is 41.1 Å². The number of carbonyl (C=O) groups is 3. The highest BCUT2D eigenvalue weighted by Crippen LogP contribution is 2.28.